The van der Waals surface area contributed by atoms with E-state index in [1.807, 2.05) is 12.1 Å². The van der Waals surface area contributed by atoms with E-state index in [0.29, 0.717) is 0 Å². The maximum atomic E-state index is 11.3. The van der Waals surface area contributed by atoms with E-state index in [2.05, 4.69) is 203 Å². The van der Waals surface area contributed by atoms with Crippen molar-refractivity contribution in [3.8, 4) is 0 Å². The highest BCUT2D eigenvalue weighted by atomic mass is 16.4. The van der Waals surface area contributed by atoms with Gasteiger partial charge in [-0.05, 0) is 165 Å². The van der Waals surface area contributed by atoms with Crippen molar-refractivity contribution in [3.63, 3.8) is 0 Å². The summed E-state index contributed by atoms with van der Waals surface area (Å²) in [6.45, 7) is 10.8. The Kier molecular flexibility index (Phi) is 13.7. The van der Waals surface area contributed by atoms with Crippen molar-refractivity contribution in [2.75, 3.05) is 4.90 Å². The lowest BCUT2D eigenvalue weighted by molar-refractivity contribution is -0.131. The minimum absolute atomic E-state index is 0.836. The van der Waals surface area contributed by atoms with Gasteiger partial charge >= 0.3 is 5.97 Å². The van der Waals surface area contributed by atoms with Crippen LogP contribution in [0.15, 0.2) is 170 Å². The first-order chi connectivity index (χ1) is 29.7. The van der Waals surface area contributed by atoms with Gasteiger partial charge < -0.3 is 10.0 Å². The molecule has 7 rings (SSSR count). The molecule has 61 heavy (non-hydrogen) atoms. The Morgan fingerprint density at radius 1 is 0.459 bits per heavy atom. The average molecular weight is 798 g/mol. The molecule has 0 aliphatic rings. The Morgan fingerprint density at radius 2 is 0.787 bits per heavy atom. The second-order valence-corrected chi connectivity index (χ2v) is 15.6. The molecular formula is C58H55NO2. The number of aryl methyl sites for hydroxylation is 5. The third-order valence-corrected chi connectivity index (χ3v) is 11.5. The van der Waals surface area contributed by atoms with Gasteiger partial charge in [0.05, 0.1) is 0 Å². The van der Waals surface area contributed by atoms with Gasteiger partial charge in [-0.3, -0.25) is 0 Å². The van der Waals surface area contributed by atoms with E-state index in [1.165, 1.54) is 61.7 Å². The number of carboxylic acids is 1. The molecule has 1 N–H and O–H groups in total. The number of carbonyl (C=O) groups is 1. The van der Waals surface area contributed by atoms with Gasteiger partial charge in [-0.15, -0.1) is 0 Å². The van der Waals surface area contributed by atoms with Crippen LogP contribution >= 0.6 is 0 Å². The predicted molar refractivity (Wildman–Crippen MR) is 260 cm³/mol. The van der Waals surface area contributed by atoms with Crippen molar-refractivity contribution >= 4 is 52.4 Å². The van der Waals surface area contributed by atoms with Crippen LogP contribution in [0.3, 0.4) is 0 Å². The van der Waals surface area contributed by atoms with Gasteiger partial charge in [0.15, 0.2) is 0 Å². The molecule has 0 unspecified atom stereocenters. The number of carboxylic acid groups (broad SMARTS) is 1. The summed E-state index contributed by atoms with van der Waals surface area (Å²) < 4.78 is 0. The zero-order valence-electron chi connectivity index (χ0n) is 36.0. The molecule has 0 amide bonds. The Balaban J connectivity index is 1.29. The van der Waals surface area contributed by atoms with E-state index in [0.717, 1.165) is 65.0 Å². The molecule has 0 saturated heterocycles. The van der Waals surface area contributed by atoms with Crippen LogP contribution < -0.4 is 4.90 Å². The maximum absolute atomic E-state index is 11.3. The molecule has 7 aromatic rings. The van der Waals surface area contributed by atoms with Crippen LogP contribution in [0.5, 0.6) is 0 Å². The van der Waals surface area contributed by atoms with E-state index in [9.17, 15) is 9.90 Å². The molecule has 0 aromatic heterocycles. The highest BCUT2D eigenvalue weighted by Gasteiger charge is 2.16. The van der Waals surface area contributed by atoms with Crippen molar-refractivity contribution in [1.82, 2.24) is 0 Å². The number of hydrogen-bond acceptors (Lipinski definition) is 2. The number of hydrogen-bond donors (Lipinski definition) is 1. The molecule has 0 fully saturated rings. The first-order valence-electron chi connectivity index (χ1n) is 21.6. The Hall–Kier alpha value is -6.97. The fourth-order valence-electron chi connectivity index (χ4n) is 7.75. The van der Waals surface area contributed by atoms with Gasteiger partial charge in [0, 0.05) is 23.1 Å². The van der Waals surface area contributed by atoms with Crippen LogP contribution in [0.1, 0.15) is 94.5 Å². The van der Waals surface area contributed by atoms with Crippen LogP contribution in [-0.2, 0) is 30.5 Å². The minimum Gasteiger partial charge on any atom is -0.478 e. The number of anilines is 3. The predicted octanol–water partition coefficient (Wildman–Crippen LogP) is 15.0. The third-order valence-electron chi connectivity index (χ3n) is 11.5. The van der Waals surface area contributed by atoms with Crippen molar-refractivity contribution in [2.45, 2.75) is 60.3 Å². The average Bonchev–Trinajstić information content (AvgIpc) is 3.31. The van der Waals surface area contributed by atoms with Crippen molar-refractivity contribution < 1.29 is 9.90 Å². The summed E-state index contributed by atoms with van der Waals surface area (Å²) in [7, 11) is 0. The highest BCUT2D eigenvalue weighted by molar-refractivity contribution is 5.93. The molecule has 7 aromatic carbocycles. The third kappa shape index (κ3) is 10.4. The molecule has 3 nitrogen and oxygen atoms in total. The molecule has 0 radical (unpaired) electrons. The normalized spacial score (nSPS) is 11.0. The Labute approximate surface area is 362 Å². The smallest absolute Gasteiger partial charge is 0.328 e. The number of benzene rings is 7. The van der Waals surface area contributed by atoms with E-state index in [-0.39, 0.29) is 0 Å². The van der Waals surface area contributed by atoms with Crippen LogP contribution in [0.2, 0.25) is 0 Å². The summed E-state index contributed by atoms with van der Waals surface area (Å²) in [5.74, 6) is -0.968. The molecule has 0 bridgehead atoms. The molecular weight excluding hydrogens is 743 g/mol. The second kappa shape index (κ2) is 19.9. The molecule has 0 heterocycles. The molecule has 0 aliphatic heterocycles. The van der Waals surface area contributed by atoms with Gasteiger partial charge in [0.1, 0.15) is 0 Å². The summed E-state index contributed by atoms with van der Waals surface area (Å²) >= 11 is 0. The highest BCUT2D eigenvalue weighted by Crippen LogP contribution is 2.38. The quantitative estimate of drug-likeness (QED) is 0.0830. The fourth-order valence-corrected chi connectivity index (χ4v) is 7.75. The van der Waals surface area contributed by atoms with Gasteiger partial charge in [-0.1, -0.05) is 155 Å². The molecule has 3 heteroatoms. The SMILES string of the molecule is CCc1ccc(C(=Cc2ccc(N(c3ccc(C=C(c4ccc(CC)cc4)c4ccc(CC)cc4)cc3)c3ccc(C=CC(=O)O)cc3C)cc2)c2ccc(CC)cc2)cc1. The molecule has 0 atom stereocenters. The van der Waals surface area contributed by atoms with Crippen molar-refractivity contribution in [2.24, 2.45) is 0 Å². The monoisotopic (exact) mass is 797 g/mol. The van der Waals surface area contributed by atoms with Gasteiger partial charge in [0.25, 0.3) is 0 Å². The molecule has 0 aliphatic carbocycles. The largest absolute Gasteiger partial charge is 0.478 e. The van der Waals surface area contributed by atoms with E-state index >= 15 is 0 Å². The van der Waals surface area contributed by atoms with Gasteiger partial charge in [-0.2, -0.15) is 0 Å². The van der Waals surface area contributed by atoms with Gasteiger partial charge in [-0.25, -0.2) is 4.79 Å². The minimum atomic E-state index is -0.968. The summed E-state index contributed by atoms with van der Waals surface area (Å²) in [6, 6.07) is 59.3. The first kappa shape index (κ1) is 42.2. The summed E-state index contributed by atoms with van der Waals surface area (Å²) in [4.78, 5) is 13.6. The summed E-state index contributed by atoms with van der Waals surface area (Å²) in [6.07, 6.45) is 11.4. The molecule has 0 spiro atoms. The van der Waals surface area contributed by atoms with Crippen molar-refractivity contribution in [3.05, 3.63) is 237 Å². The lowest BCUT2D eigenvalue weighted by Crippen LogP contribution is -2.11. The van der Waals surface area contributed by atoms with Crippen LogP contribution in [0, 0.1) is 6.92 Å². The lowest BCUT2D eigenvalue weighted by Gasteiger charge is -2.27. The van der Waals surface area contributed by atoms with E-state index in [1.54, 1.807) is 6.08 Å². The van der Waals surface area contributed by atoms with E-state index in [4.69, 9.17) is 0 Å². The standard InChI is InChI=1S/C58H55NO2/c1-6-42-10-24-49(25-11-42)55(50-26-12-43(7-2)13-27-50)39-47-18-32-53(33-19-47)59(57-36-22-46(38-41(57)5)23-37-58(60)61)54-34-20-48(21-35-54)40-56(51-28-14-44(8-3)15-29-51)52-30-16-45(9-4)17-31-52/h10-40H,6-9H2,1-5H3,(H,60,61). The fraction of sp³-hybridized carbons (Fsp3) is 0.155. The van der Waals surface area contributed by atoms with Crippen molar-refractivity contribution in [1.29, 1.82) is 0 Å². The van der Waals surface area contributed by atoms with Gasteiger partial charge in [0.2, 0.25) is 0 Å². The number of nitrogens with zero attached hydrogens (tertiary/aromatic N) is 1. The van der Waals surface area contributed by atoms with Crippen LogP contribution in [0.4, 0.5) is 17.1 Å². The maximum Gasteiger partial charge on any atom is 0.328 e. The Morgan fingerprint density at radius 3 is 1.08 bits per heavy atom. The first-order valence-corrected chi connectivity index (χ1v) is 21.6. The van der Waals surface area contributed by atoms with E-state index < -0.39 is 5.97 Å². The molecule has 0 saturated carbocycles. The Bertz CT molecular complexity index is 2390. The van der Waals surface area contributed by atoms with Crippen LogP contribution in [0.25, 0.3) is 29.4 Å². The second-order valence-electron chi connectivity index (χ2n) is 15.6. The topological polar surface area (TPSA) is 40.5 Å². The lowest BCUT2D eigenvalue weighted by atomic mass is 9.93. The zero-order chi connectivity index (χ0) is 42.7. The number of aliphatic carboxylic acids is 1. The zero-order valence-corrected chi connectivity index (χ0v) is 36.0. The van der Waals surface area contributed by atoms with Crippen LogP contribution in [-0.4, -0.2) is 11.1 Å². The molecule has 304 valence electrons. The number of rotatable bonds is 15. The summed E-state index contributed by atoms with van der Waals surface area (Å²) in [5.41, 5.74) is 19.5. The summed E-state index contributed by atoms with van der Waals surface area (Å²) in [5, 5.41) is 9.28.